The van der Waals surface area contributed by atoms with Gasteiger partial charge in [0.05, 0.1) is 11.6 Å². The van der Waals surface area contributed by atoms with Gasteiger partial charge in [0.15, 0.2) is 0 Å². The zero-order valence-electron chi connectivity index (χ0n) is 18.9. The number of halogens is 1. The molecule has 0 bridgehead atoms. The predicted molar refractivity (Wildman–Crippen MR) is 122 cm³/mol. The summed E-state index contributed by atoms with van der Waals surface area (Å²) in [5.41, 5.74) is 1.62. The average Bonchev–Trinajstić information content (AvgIpc) is 3.19. The van der Waals surface area contributed by atoms with Crippen LogP contribution in [0.2, 0.25) is 0 Å². The summed E-state index contributed by atoms with van der Waals surface area (Å²) in [5, 5.41) is 5.82. The highest BCUT2D eigenvalue weighted by atomic mass is 19.1. The van der Waals surface area contributed by atoms with Crippen LogP contribution in [0.4, 0.5) is 10.1 Å². The maximum absolute atomic E-state index is 15.1. The minimum atomic E-state index is -0.439. The first-order valence-electron chi connectivity index (χ1n) is 12.3. The number of benzene rings is 1. The fourth-order valence-electron chi connectivity index (χ4n) is 6.20. The molecule has 1 spiro atoms. The van der Waals surface area contributed by atoms with Crippen molar-refractivity contribution >= 4 is 17.5 Å². The second-order valence-corrected chi connectivity index (χ2v) is 10.4. The van der Waals surface area contributed by atoms with Gasteiger partial charge in [-0.3, -0.25) is 14.9 Å². The summed E-state index contributed by atoms with van der Waals surface area (Å²) in [6.45, 7) is 7.68. The van der Waals surface area contributed by atoms with Crippen LogP contribution in [-0.2, 0) is 9.59 Å². The molecule has 1 aromatic carbocycles. The molecule has 1 atom stereocenters. The molecule has 7 heteroatoms. The molecule has 5 rings (SSSR count). The topological polar surface area (TPSA) is 64.7 Å². The van der Waals surface area contributed by atoms with Crippen molar-refractivity contribution in [2.45, 2.75) is 50.9 Å². The number of carbonyl (C=O) groups excluding carboxylic acids is 2. The maximum Gasteiger partial charge on any atom is 0.234 e. The van der Waals surface area contributed by atoms with Gasteiger partial charge >= 0.3 is 0 Å². The molecule has 6 nitrogen and oxygen atoms in total. The smallest absolute Gasteiger partial charge is 0.234 e. The first kappa shape index (κ1) is 21.8. The molecule has 4 aliphatic heterocycles. The second kappa shape index (κ2) is 9.10. The van der Waals surface area contributed by atoms with Gasteiger partial charge in [-0.25, -0.2) is 4.39 Å². The van der Waals surface area contributed by atoms with Crippen LogP contribution in [-0.4, -0.2) is 62.5 Å². The maximum atomic E-state index is 15.1. The van der Waals surface area contributed by atoms with Gasteiger partial charge in [0.25, 0.3) is 0 Å². The Morgan fingerprint density at radius 2 is 1.78 bits per heavy atom. The van der Waals surface area contributed by atoms with Crippen LogP contribution in [0, 0.1) is 17.2 Å². The Labute approximate surface area is 189 Å². The molecule has 1 aromatic rings. The monoisotopic (exact) mass is 442 g/mol. The molecular formula is C25H35FN4O2. The molecule has 0 aliphatic carbocycles. The van der Waals surface area contributed by atoms with Gasteiger partial charge in [0, 0.05) is 26.1 Å². The summed E-state index contributed by atoms with van der Waals surface area (Å²) in [6.07, 6.45) is 6.87. The predicted octanol–water partition coefficient (Wildman–Crippen LogP) is 2.64. The number of piperidine rings is 3. The molecule has 0 saturated carbocycles. The number of nitrogens with one attached hydrogen (secondary N) is 2. The number of rotatable bonds is 4. The van der Waals surface area contributed by atoms with E-state index in [9.17, 15) is 9.59 Å². The molecule has 4 heterocycles. The van der Waals surface area contributed by atoms with Crippen molar-refractivity contribution in [3.8, 4) is 0 Å². The average molecular weight is 443 g/mol. The van der Waals surface area contributed by atoms with Crippen LogP contribution in [0.1, 0.15) is 56.4 Å². The largest absolute Gasteiger partial charge is 0.369 e. The number of carbonyl (C=O) groups is 2. The van der Waals surface area contributed by atoms with Crippen LogP contribution in [0.15, 0.2) is 18.2 Å². The quantitative estimate of drug-likeness (QED) is 0.702. The molecule has 4 aliphatic rings. The fourth-order valence-corrected chi connectivity index (χ4v) is 6.20. The van der Waals surface area contributed by atoms with Gasteiger partial charge in [-0.05, 0) is 93.7 Å². The molecule has 4 saturated heterocycles. The van der Waals surface area contributed by atoms with E-state index in [4.69, 9.17) is 0 Å². The summed E-state index contributed by atoms with van der Waals surface area (Å²) in [5.74, 6) is -0.419. The zero-order chi connectivity index (χ0) is 22.1. The Balaban J connectivity index is 1.18. The Morgan fingerprint density at radius 3 is 2.50 bits per heavy atom. The van der Waals surface area contributed by atoms with Crippen molar-refractivity contribution < 1.29 is 14.0 Å². The molecule has 32 heavy (non-hydrogen) atoms. The first-order valence-corrected chi connectivity index (χ1v) is 12.3. The number of anilines is 1. The molecule has 2 N–H and O–H groups in total. The van der Waals surface area contributed by atoms with Crippen molar-refractivity contribution in [2.24, 2.45) is 11.3 Å². The third kappa shape index (κ3) is 4.55. The summed E-state index contributed by atoms with van der Waals surface area (Å²) < 4.78 is 15.1. The number of nitrogens with zero attached hydrogens (tertiary/aromatic N) is 2. The van der Waals surface area contributed by atoms with E-state index in [1.165, 1.54) is 38.3 Å². The lowest BCUT2D eigenvalue weighted by Crippen LogP contribution is -2.44. The van der Waals surface area contributed by atoms with Crippen molar-refractivity contribution in [1.29, 1.82) is 0 Å². The standard InChI is InChI=1S/C25H35FN4O2/c26-21-15-19(20-2-4-23(31)28-24(20)32)1-3-22(21)30-14-9-25(17-30)7-12-29(13-8-25)16-18-5-10-27-11-6-18/h1,3,15,18,20,27H,2,4-14,16-17H2,(H,28,31,32). The number of imide groups is 1. The van der Waals surface area contributed by atoms with Gasteiger partial charge in [0.1, 0.15) is 5.82 Å². The van der Waals surface area contributed by atoms with E-state index in [-0.39, 0.29) is 17.6 Å². The fraction of sp³-hybridized carbons (Fsp3) is 0.680. The third-order valence-corrected chi connectivity index (χ3v) is 8.28. The lowest BCUT2D eigenvalue weighted by molar-refractivity contribution is -0.134. The van der Waals surface area contributed by atoms with Gasteiger partial charge in [0.2, 0.25) is 11.8 Å². The number of hydrogen-bond donors (Lipinski definition) is 2. The highest BCUT2D eigenvalue weighted by Crippen LogP contribution is 2.43. The lowest BCUT2D eigenvalue weighted by Gasteiger charge is -2.41. The lowest BCUT2D eigenvalue weighted by atomic mass is 9.77. The summed E-state index contributed by atoms with van der Waals surface area (Å²) in [4.78, 5) is 28.4. The Hall–Kier alpha value is -1.99. The van der Waals surface area contributed by atoms with E-state index in [1.54, 1.807) is 0 Å². The SMILES string of the molecule is O=C1CCC(c2ccc(N3CCC4(CCN(CC5CCNCC5)CC4)C3)c(F)c2)C(=O)N1. The van der Waals surface area contributed by atoms with Crippen LogP contribution in [0.5, 0.6) is 0 Å². The normalized spacial score (nSPS) is 27.2. The van der Waals surface area contributed by atoms with Crippen LogP contribution < -0.4 is 15.5 Å². The van der Waals surface area contributed by atoms with Crippen LogP contribution in [0.25, 0.3) is 0 Å². The van der Waals surface area contributed by atoms with Crippen molar-refractivity contribution in [2.75, 3.05) is 50.7 Å². The molecule has 2 amide bonds. The molecule has 174 valence electrons. The third-order valence-electron chi connectivity index (χ3n) is 8.28. The molecule has 0 radical (unpaired) electrons. The van der Waals surface area contributed by atoms with E-state index in [2.05, 4.69) is 20.4 Å². The number of hydrogen-bond acceptors (Lipinski definition) is 5. The Morgan fingerprint density at radius 1 is 1.03 bits per heavy atom. The summed E-state index contributed by atoms with van der Waals surface area (Å²) in [6, 6.07) is 5.20. The highest BCUT2D eigenvalue weighted by Gasteiger charge is 2.41. The number of likely N-dealkylation sites (tertiary alicyclic amines) is 1. The molecule has 4 fully saturated rings. The van der Waals surface area contributed by atoms with Crippen molar-refractivity contribution in [1.82, 2.24) is 15.5 Å². The van der Waals surface area contributed by atoms with E-state index >= 15 is 4.39 Å². The van der Waals surface area contributed by atoms with Crippen LogP contribution in [0.3, 0.4) is 0 Å². The van der Waals surface area contributed by atoms with E-state index < -0.39 is 5.92 Å². The van der Waals surface area contributed by atoms with Crippen LogP contribution >= 0.6 is 0 Å². The van der Waals surface area contributed by atoms with Gasteiger partial charge < -0.3 is 15.1 Å². The van der Waals surface area contributed by atoms with Gasteiger partial charge in [-0.1, -0.05) is 6.07 Å². The highest BCUT2D eigenvalue weighted by molar-refractivity contribution is 6.00. The van der Waals surface area contributed by atoms with E-state index in [0.717, 1.165) is 51.6 Å². The first-order chi connectivity index (χ1) is 15.5. The molecule has 1 unspecified atom stereocenters. The zero-order valence-corrected chi connectivity index (χ0v) is 18.9. The summed E-state index contributed by atoms with van der Waals surface area (Å²) >= 11 is 0. The van der Waals surface area contributed by atoms with E-state index in [1.807, 2.05) is 12.1 Å². The molecule has 0 aromatic heterocycles. The second-order valence-electron chi connectivity index (χ2n) is 10.4. The minimum Gasteiger partial charge on any atom is -0.369 e. The Bertz CT molecular complexity index is 861. The number of amides is 2. The minimum absolute atomic E-state index is 0.243. The van der Waals surface area contributed by atoms with Crippen molar-refractivity contribution in [3.05, 3.63) is 29.6 Å². The van der Waals surface area contributed by atoms with Crippen molar-refractivity contribution in [3.63, 3.8) is 0 Å². The van der Waals surface area contributed by atoms with Gasteiger partial charge in [-0.2, -0.15) is 0 Å². The summed E-state index contributed by atoms with van der Waals surface area (Å²) in [7, 11) is 0. The van der Waals surface area contributed by atoms with Gasteiger partial charge in [-0.15, -0.1) is 0 Å². The van der Waals surface area contributed by atoms with E-state index in [0.29, 0.717) is 29.5 Å². The molecular weight excluding hydrogens is 407 g/mol. The Kier molecular flexibility index (Phi) is 6.21.